The molecule has 0 fully saturated rings. The van der Waals surface area contributed by atoms with Gasteiger partial charge in [0.05, 0.1) is 0 Å². The maximum absolute atomic E-state index is 5.15. The number of ether oxygens (including phenoxy) is 2. The molecule has 14 heavy (non-hydrogen) atoms. The Hall–Kier alpha value is -2.06. The Kier molecular flexibility index (Phi) is 3.98. The lowest BCUT2D eigenvalue weighted by Crippen LogP contribution is -1.95. The molecule has 0 heterocycles. The van der Waals surface area contributed by atoms with E-state index in [-0.39, 0.29) is 13.2 Å². The van der Waals surface area contributed by atoms with E-state index >= 15 is 0 Å². The summed E-state index contributed by atoms with van der Waals surface area (Å²) in [7, 11) is 0. The molecule has 69 valence electrons. The molecule has 2 heteroatoms. The molecule has 0 atom stereocenters. The predicted molar refractivity (Wildman–Crippen MR) is 53.9 cm³/mol. The lowest BCUT2D eigenvalue weighted by atomic mass is 10.3. The highest BCUT2D eigenvalue weighted by molar-refractivity contribution is 5.30. The number of hydrogen-bond acceptors (Lipinski definition) is 2. The molecule has 0 spiro atoms. The summed E-state index contributed by atoms with van der Waals surface area (Å²) >= 11 is 0. The third-order valence-electron chi connectivity index (χ3n) is 1.39. The summed E-state index contributed by atoms with van der Waals surface area (Å²) in [5.41, 5.74) is 0. The van der Waals surface area contributed by atoms with E-state index in [1.807, 2.05) is 0 Å². The van der Waals surface area contributed by atoms with Crippen molar-refractivity contribution in [3.05, 3.63) is 24.3 Å². The normalized spacial score (nSPS) is 8.43. The number of rotatable bonds is 4. The van der Waals surface area contributed by atoms with Gasteiger partial charge in [0.1, 0.15) is 24.7 Å². The summed E-state index contributed by atoms with van der Waals surface area (Å²) < 4.78 is 10.3. The quantitative estimate of drug-likeness (QED) is 0.662. The van der Waals surface area contributed by atoms with Gasteiger partial charge in [0.25, 0.3) is 0 Å². The van der Waals surface area contributed by atoms with Crippen LogP contribution in [0.3, 0.4) is 0 Å². The van der Waals surface area contributed by atoms with Gasteiger partial charge in [-0.05, 0) is 18.2 Å². The molecule has 1 aromatic rings. The minimum absolute atomic E-state index is 0.237. The zero-order valence-electron chi connectivity index (χ0n) is 7.62. The minimum atomic E-state index is 0.237. The van der Waals surface area contributed by atoms with E-state index in [0.717, 1.165) is 0 Å². The Labute approximate surface area is 83.8 Å². The summed E-state index contributed by atoms with van der Waals surface area (Å²) in [5, 5.41) is 0. The van der Waals surface area contributed by atoms with Crippen LogP contribution in [0.1, 0.15) is 0 Å². The summed E-state index contributed by atoms with van der Waals surface area (Å²) in [6.45, 7) is 0.486. The molecule has 0 aliphatic heterocycles. The highest BCUT2D eigenvalue weighted by Crippen LogP contribution is 2.16. The van der Waals surface area contributed by atoms with E-state index in [0.29, 0.717) is 11.5 Å². The molecule has 0 aromatic heterocycles. The third-order valence-corrected chi connectivity index (χ3v) is 1.39. The van der Waals surface area contributed by atoms with E-state index < -0.39 is 0 Å². The van der Waals surface area contributed by atoms with Crippen molar-refractivity contribution < 1.29 is 9.47 Å². The molecule has 2 nitrogen and oxygen atoms in total. The van der Waals surface area contributed by atoms with Gasteiger partial charge in [-0.3, -0.25) is 0 Å². The van der Waals surface area contributed by atoms with Crippen molar-refractivity contribution in [1.29, 1.82) is 0 Å². The molecule has 1 rings (SSSR count). The van der Waals surface area contributed by atoms with Gasteiger partial charge < -0.3 is 9.47 Å². The number of hydrogen-bond donors (Lipinski definition) is 0. The van der Waals surface area contributed by atoms with Crippen molar-refractivity contribution in [1.82, 2.24) is 0 Å². The molecule has 0 saturated heterocycles. The first-order valence-electron chi connectivity index (χ1n) is 4.01. The second-order valence-electron chi connectivity index (χ2n) is 2.37. The van der Waals surface area contributed by atoms with Crippen LogP contribution in [0.5, 0.6) is 11.5 Å². The first kappa shape index (κ1) is 10.0. The van der Waals surface area contributed by atoms with E-state index in [1.54, 1.807) is 18.2 Å². The topological polar surface area (TPSA) is 18.5 Å². The van der Waals surface area contributed by atoms with Crippen LogP contribution in [-0.4, -0.2) is 13.2 Å². The molecular weight excluding hydrogens is 176 g/mol. The monoisotopic (exact) mass is 185 g/mol. The minimum Gasteiger partial charge on any atom is -0.481 e. The van der Waals surface area contributed by atoms with E-state index in [1.165, 1.54) is 0 Å². The molecule has 0 unspecified atom stereocenters. The van der Waals surface area contributed by atoms with Crippen LogP contribution in [-0.2, 0) is 0 Å². The van der Waals surface area contributed by atoms with Gasteiger partial charge in [-0.25, -0.2) is 0 Å². The molecule has 0 aliphatic rings. The van der Waals surface area contributed by atoms with Crippen LogP contribution in [0.2, 0.25) is 0 Å². The van der Waals surface area contributed by atoms with Gasteiger partial charge in [0, 0.05) is 6.07 Å². The standard InChI is InChI=1S/C12H9O2/c1-3-9-13-11-5-7-12(8-6-11)14-10-4-2/h1-2,5-7H,9-10H2. The number of terminal acetylenes is 2. The maximum atomic E-state index is 5.15. The number of benzene rings is 1. The van der Waals surface area contributed by atoms with Gasteiger partial charge in [0.15, 0.2) is 0 Å². The molecule has 1 radical (unpaired) electrons. The molecule has 0 N–H and O–H groups in total. The fourth-order valence-corrected chi connectivity index (χ4v) is 0.820. The fraction of sp³-hybridized carbons (Fsp3) is 0.167. The Balaban J connectivity index is 2.52. The highest BCUT2D eigenvalue weighted by Gasteiger charge is 1.94. The Morgan fingerprint density at radius 1 is 1.14 bits per heavy atom. The van der Waals surface area contributed by atoms with Crippen LogP contribution in [0, 0.1) is 30.8 Å². The van der Waals surface area contributed by atoms with Crippen molar-refractivity contribution in [2.45, 2.75) is 0 Å². The summed E-state index contributed by atoms with van der Waals surface area (Å²) in [5.74, 6) is 5.99. The first-order chi connectivity index (χ1) is 6.86. The highest BCUT2D eigenvalue weighted by atomic mass is 16.5. The van der Waals surface area contributed by atoms with Gasteiger partial charge in [-0.15, -0.1) is 12.8 Å². The SMILES string of the molecule is C#CCOc1[c]cc(OCC#C)cc1. The third kappa shape index (κ3) is 3.13. The van der Waals surface area contributed by atoms with Gasteiger partial charge in [0.2, 0.25) is 0 Å². The summed E-state index contributed by atoms with van der Waals surface area (Å²) in [4.78, 5) is 0. The largest absolute Gasteiger partial charge is 0.481 e. The molecule has 0 amide bonds. The molecule has 0 aliphatic carbocycles. The molecule has 0 bridgehead atoms. The van der Waals surface area contributed by atoms with Crippen LogP contribution < -0.4 is 9.47 Å². The Bertz CT molecular complexity index is 314. The van der Waals surface area contributed by atoms with Crippen molar-refractivity contribution in [3.63, 3.8) is 0 Å². The maximum Gasteiger partial charge on any atom is 0.148 e. The predicted octanol–water partition coefficient (Wildman–Crippen LogP) is 1.51. The zero-order chi connectivity index (χ0) is 10.2. The van der Waals surface area contributed by atoms with Crippen molar-refractivity contribution in [2.75, 3.05) is 13.2 Å². The Morgan fingerprint density at radius 2 is 1.86 bits per heavy atom. The van der Waals surface area contributed by atoms with Crippen LogP contribution in [0.15, 0.2) is 18.2 Å². The summed E-state index contributed by atoms with van der Waals surface area (Å²) in [6, 6.07) is 8.00. The zero-order valence-corrected chi connectivity index (χ0v) is 7.62. The molecule has 1 aromatic carbocycles. The van der Waals surface area contributed by atoms with Gasteiger partial charge in [-0.2, -0.15) is 0 Å². The molecule has 0 saturated carbocycles. The smallest absolute Gasteiger partial charge is 0.148 e. The average molecular weight is 185 g/mol. The van der Waals surface area contributed by atoms with Crippen molar-refractivity contribution in [3.8, 4) is 36.2 Å². The lowest BCUT2D eigenvalue weighted by molar-refractivity contribution is 0.359. The van der Waals surface area contributed by atoms with E-state index in [9.17, 15) is 0 Å². The van der Waals surface area contributed by atoms with Gasteiger partial charge in [-0.1, -0.05) is 11.8 Å². The fourth-order valence-electron chi connectivity index (χ4n) is 0.820. The second-order valence-corrected chi connectivity index (χ2v) is 2.37. The van der Waals surface area contributed by atoms with E-state index in [4.69, 9.17) is 22.3 Å². The summed E-state index contributed by atoms with van der Waals surface area (Å²) in [6.07, 6.45) is 10.1. The second kappa shape index (κ2) is 5.56. The van der Waals surface area contributed by atoms with Gasteiger partial charge >= 0.3 is 0 Å². The van der Waals surface area contributed by atoms with Crippen LogP contribution >= 0.6 is 0 Å². The van der Waals surface area contributed by atoms with Crippen LogP contribution in [0.25, 0.3) is 0 Å². The molecular formula is C12H9O2. The first-order valence-corrected chi connectivity index (χ1v) is 4.01. The lowest BCUT2D eigenvalue weighted by Gasteiger charge is -2.03. The van der Waals surface area contributed by atoms with Crippen molar-refractivity contribution >= 4 is 0 Å². The Morgan fingerprint density at radius 3 is 2.43 bits per heavy atom. The van der Waals surface area contributed by atoms with E-state index in [2.05, 4.69) is 17.9 Å². The average Bonchev–Trinajstić information content (AvgIpc) is 2.25. The van der Waals surface area contributed by atoms with Crippen molar-refractivity contribution in [2.24, 2.45) is 0 Å². The van der Waals surface area contributed by atoms with Crippen LogP contribution in [0.4, 0.5) is 0 Å².